The highest BCUT2D eigenvalue weighted by Crippen LogP contribution is 2.31. The van der Waals surface area contributed by atoms with Crippen molar-refractivity contribution in [2.75, 3.05) is 20.3 Å². The van der Waals surface area contributed by atoms with Crippen LogP contribution in [0.15, 0.2) is 30.3 Å². The quantitative estimate of drug-likeness (QED) is 0.561. The molecule has 1 fully saturated rings. The van der Waals surface area contributed by atoms with E-state index in [4.69, 9.17) is 9.84 Å². The van der Waals surface area contributed by atoms with Gasteiger partial charge < -0.3 is 15.0 Å². The minimum absolute atomic E-state index is 0.0798. The second-order valence-corrected chi connectivity index (χ2v) is 10.2. The first kappa shape index (κ1) is 25.4. The number of amides is 2. The summed E-state index contributed by atoms with van der Waals surface area (Å²) in [6.07, 6.45) is 9.68. The highest BCUT2D eigenvalue weighted by atomic mass is 16.5. The van der Waals surface area contributed by atoms with E-state index in [1.807, 2.05) is 13.0 Å². The number of benzene rings is 1. The number of ether oxygens (including phenoxy) is 1. The molecule has 1 N–H and O–H groups in total. The van der Waals surface area contributed by atoms with E-state index in [2.05, 4.69) is 36.5 Å². The van der Waals surface area contributed by atoms with Crippen LogP contribution < -0.4 is 5.32 Å². The maximum atomic E-state index is 13.8. The highest BCUT2D eigenvalue weighted by Gasteiger charge is 2.48. The van der Waals surface area contributed by atoms with Gasteiger partial charge in [-0.1, -0.05) is 63.3 Å². The van der Waals surface area contributed by atoms with Gasteiger partial charge in [0.25, 0.3) is 5.91 Å². The molecule has 4 rings (SSSR count). The topological polar surface area (TPSA) is 76.5 Å². The molecule has 7 nitrogen and oxygen atoms in total. The highest BCUT2D eigenvalue weighted by molar-refractivity contribution is 6.00. The Morgan fingerprint density at radius 2 is 1.83 bits per heavy atom. The number of nitrogens with zero attached hydrogens (tertiary/aromatic N) is 3. The summed E-state index contributed by atoms with van der Waals surface area (Å²) in [6, 6.07) is 10.3. The molecule has 7 heteroatoms. The summed E-state index contributed by atoms with van der Waals surface area (Å²) < 4.78 is 6.97. The average molecular weight is 481 g/mol. The summed E-state index contributed by atoms with van der Waals surface area (Å²) in [7, 11) is 1.66. The van der Waals surface area contributed by atoms with Gasteiger partial charge in [-0.05, 0) is 44.2 Å². The Kier molecular flexibility index (Phi) is 8.26. The molecule has 2 heterocycles. The molecular formula is C28H40N4O3. The maximum absolute atomic E-state index is 13.8. The Morgan fingerprint density at radius 1 is 1.14 bits per heavy atom. The van der Waals surface area contributed by atoms with Crippen LogP contribution in [0.1, 0.15) is 81.3 Å². The number of nitrogens with one attached hydrogen (secondary N) is 1. The Hall–Kier alpha value is -2.67. The molecule has 1 atom stereocenters. The molecule has 2 aliphatic rings. The Labute approximate surface area is 209 Å². The Morgan fingerprint density at radius 3 is 2.49 bits per heavy atom. The van der Waals surface area contributed by atoms with Gasteiger partial charge in [0.1, 0.15) is 11.2 Å². The van der Waals surface area contributed by atoms with Crippen molar-refractivity contribution < 1.29 is 14.3 Å². The summed E-state index contributed by atoms with van der Waals surface area (Å²) in [5.41, 5.74) is 2.53. The fraction of sp³-hybridized carbons (Fsp3) is 0.607. The average Bonchev–Trinajstić information content (AvgIpc) is 3.26. The van der Waals surface area contributed by atoms with Gasteiger partial charge >= 0.3 is 0 Å². The van der Waals surface area contributed by atoms with Crippen molar-refractivity contribution in [3.05, 3.63) is 41.6 Å². The number of aryl methyl sites for hydroxylation is 1. The smallest absolute Gasteiger partial charge is 0.273 e. The molecule has 1 saturated carbocycles. The van der Waals surface area contributed by atoms with E-state index in [-0.39, 0.29) is 17.9 Å². The molecule has 35 heavy (non-hydrogen) atoms. The van der Waals surface area contributed by atoms with Gasteiger partial charge in [-0.25, -0.2) is 0 Å². The molecule has 1 aromatic heterocycles. The van der Waals surface area contributed by atoms with Crippen LogP contribution in [0.3, 0.4) is 0 Å². The normalized spacial score (nSPS) is 21.3. The molecule has 1 aliphatic carbocycles. The molecule has 0 spiro atoms. The van der Waals surface area contributed by atoms with Crippen LogP contribution in [0.25, 0.3) is 11.3 Å². The lowest BCUT2D eigenvalue weighted by atomic mass is 9.92. The monoisotopic (exact) mass is 480 g/mol. The van der Waals surface area contributed by atoms with Crippen molar-refractivity contribution in [1.82, 2.24) is 20.0 Å². The number of fused-ring (bicyclic) bond motifs is 1. The first-order valence-corrected chi connectivity index (χ1v) is 13.3. The number of rotatable bonds is 8. The molecule has 2 aromatic rings. The van der Waals surface area contributed by atoms with Gasteiger partial charge in [-0.2, -0.15) is 5.10 Å². The van der Waals surface area contributed by atoms with Gasteiger partial charge in [-0.15, -0.1) is 0 Å². The van der Waals surface area contributed by atoms with Crippen molar-refractivity contribution in [1.29, 1.82) is 0 Å². The van der Waals surface area contributed by atoms with Gasteiger partial charge in [-0.3, -0.25) is 14.3 Å². The number of aromatic nitrogens is 2. The zero-order valence-corrected chi connectivity index (χ0v) is 21.5. The molecule has 190 valence electrons. The van der Waals surface area contributed by atoms with E-state index in [1.54, 1.807) is 16.7 Å². The second-order valence-electron chi connectivity index (χ2n) is 10.2. The summed E-state index contributed by atoms with van der Waals surface area (Å²) >= 11 is 0. The second kappa shape index (κ2) is 11.4. The van der Waals surface area contributed by atoms with Crippen LogP contribution in [0.5, 0.6) is 0 Å². The molecule has 0 radical (unpaired) electrons. The lowest BCUT2D eigenvalue weighted by Crippen LogP contribution is -2.65. The van der Waals surface area contributed by atoms with Crippen LogP contribution in [-0.2, 0) is 22.5 Å². The van der Waals surface area contributed by atoms with Crippen molar-refractivity contribution in [3.8, 4) is 11.3 Å². The minimum atomic E-state index is -1.00. The zero-order chi connectivity index (χ0) is 24.8. The van der Waals surface area contributed by atoms with Crippen LogP contribution in [0.4, 0.5) is 0 Å². The van der Waals surface area contributed by atoms with E-state index < -0.39 is 5.54 Å². The predicted molar refractivity (Wildman–Crippen MR) is 137 cm³/mol. The number of carbonyl (C=O) groups is 2. The van der Waals surface area contributed by atoms with Crippen LogP contribution in [0.2, 0.25) is 0 Å². The third kappa shape index (κ3) is 5.61. The third-order valence-corrected chi connectivity index (χ3v) is 7.62. The van der Waals surface area contributed by atoms with Gasteiger partial charge in [0, 0.05) is 31.9 Å². The summed E-state index contributed by atoms with van der Waals surface area (Å²) in [4.78, 5) is 29.2. The van der Waals surface area contributed by atoms with Gasteiger partial charge in [0.05, 0.1) is 12.2 Å². The minimum Gasteiger partial charge on any atom is -0.385 e. The van der Waals surface area contributed by atoms with Crippen molar-refractivity contribution in [3.63, 3.8) is 0 Å². The summed E-state index contributed by atoms with van der Waals surface area (Å²) in [5.74, 6) is -0.226. The number of carbonyl (C=O) groups excluding carboxylic acids is 2. The SMILES string of the molecule is CCc1ccc(-c2cc3n(n2)C[C@](C)(C(=O)NC2CCCCCCC2)N(CCCOC)C3=O)cc1. The molecule has 2 amide bonds. The van der Waals surface area contributed by atoms with E-state index >= 15 is 0 Å². The molecular weight excluding hydrogens is 440 g/mol. The standard InChI is InChI=1S/C28H40N4O3/c1-4-21-13-15-22(16-14-21)24-19-25-26(33)31(17-10-18-35-3)28(2,20-32(25)30-24)27(34)29-23-11-8-6-5-7-9-12-23/h13-16,19,23H,4-12,17-18,20H2,1-3H3,(H,29,34)/t28-/m1/s1. The number of hydrogen-bond donors (Lipinski definition) is 1. The first-order chi connectivity index (χ1) is 17.0. The van der Waals surface area contributed by atoms with E-state index in [0.29, 0.717) is 31.8 Å². The predicted octanol–water partition coefficient (Wildman–Crippen LogP) is 4.59. The van der Waals surface area contributed by atoms with E-state index in [9.17, 15) is 9.59 Å². The summed E-state index contributed by atoms with van der Waals surface area (Å²) in [5, 5.41) is 8.09. The van der Waals surface area contributed by atoms with Crippen molar-refractivity contribution in [2.24, 2.45) is 0 Å². The lowest BCUT2D eigenvalue weighted by Gasteiger charge is -2.44. The van der Waals surface area contributed by atoms with Crippen LogP contribution in [-0.4, -0.2) is 58.3 Å². The van der Waals surface area contributed by atoms with Crippen molar-refractivity contribution >= 4 is 11.8 Å². The molecule has 0 bridgehead atoms. The fourth-order valence-corrected chi connectivity index (χ4v) is 5.35. The fourth-order valence-electron chi connectivity index (χ4n) is 5.35. The van der Waals surface area contributed by atoms with E-state index in [0.717, 1.165) is 43.4 Å². The molecule has 0 unspecified atom stereocenters. The summed E-state index contributed by atoms with van der Waals surface area (Å²) in [6.45, 7) is 5.36. The largest absolute Gasteiger partial charge is 0.385 e. The van der Waals surface area contributed by atoms with Gasteiger partial charge in [0.2, 0.25) is 5.91 Å². The Balaban J connectivity index is 1.61. The lowest BCUT2D eigenvalue weighted by molar-refractivity contribution is -0.134. The molecule has 0 saturated heterocycles. The molecule has 1 aliphatic heterocycles. The maximum Gasteiger partial charge on any atom is 0.273 e. The van der Waals surface area contributed by atoms with Crippen LogP contribution >= 0.6 is 0 Å². The van der Waals surface area contributed by atoms with E-state index in [1.165, 1.54) is 24.8 Å². The van der Waals surface area contributed by atoms with Crippen molar-refractivity contribution in [2.45, 2.75) is 89.8 Å². The Bertz CT molecular complexity index is 1010. The molecule has 1 aromatic carbocycles. The number of methoxy groups -OCH3 is 1. The van der Waals surface area contributed by atoms with Crippen LogP contribution in [0, 0.1) is 0 Å². The first-order valence-electron chi connectivity index (χ1n) is 13.3. The number of hydrogen-bond acceptors (Lipinski definition) is 4. The van der Waals surface area contributed by atoms with Gasteiger partial charge in [0.15, 0.2) is 0 Å². The third-order valence-electron chi connectivity index (χ3n) is 7.62. The zero-order valence-electron chi connectivity index (χ0n) is 21.5.